The predicted molar refractivity (Wildman–Crippen MR) is 126 cm³/mol. The van der Waals surface area contributed by atoms with Gasteiger partial charge in [0, 0.05) is 57.9 Å². The Bertz CT molecular complexity index is 882. The Morgan fingerprint density at radius 3 is 2.12 bits per heavy atom. The van der Waals surface area contributed by atoms with Crippen molar-refractivity contribution in [2.24, 2.45) is 11.8 Å². The molecule has 1 aromatic carbocycles. The first-order valence-electron chi connectivity index (χ1n) is 12.2. The highest BCUT2D eigenvalue weighted by Gasteiger charge is 2.32. The standard InChI is InChI=1S/C24H38N4O3S/c1-20-16-21(2)19-28(18-20)32(30,31)23-7-5-6-22(17-23)24(29)27-14-12-26(13-15-27)11-10-25-8-3-4-9-25/h5-7,17,20-21H,3-4,8-16,18-19H2,1-2H3. The Morgan fingerprint density at radius 2 is 1.50 bits per heavy atom. The van der Waals surface area contributed by atoms with Crippen LogP contribution in [0.3, 0.4) is 0 Å². The second kappa shape index (κ2) is 10.2. The first-order valence-corrected chi connectivity index (χ1v) is 13.6. The van der Waals surface area contributed by atoms with E-state index >= 15 is 0 Å². The van der Waals surface area contributed by atoms with Crippen LogP contribution < -0.4 is 0 Å². The summed E-state index contributed by atoms with van der Waals surface area (Å²) in [6.45, 7) is 13.0. The van der Waals surface area contributed by atoms with Crippen molar-refractivity contribution in [2.75, 3.05) is 65.4 Å². The van der Waals surface area contributed by atoms with Crippen LogP contribution in [0.2, 0.25) is 0 Å². The molecule has 4 rings (SSSR count). The molecule has 3 heterocycles. The second-order valence-corrected chi connectivity index (χ2v) is 11.9. The maximum absolute atomic E-state index is 13.2. The Balaban J connectivity index is 1.36. The van der Waals surface area contributed by atoms with Crippen LogP contribution in [0.1, 0.15) is 43.5 Å². The highest BCUT2D eigenvalue weighted by atomic mass is 32.2. The maximum Gasteiger partial charge on any atom is 0.253 e. The fraction of sp³-hybridized carbons (Fsp3) is 0.708. The van der Waals surface area contributed by atoms with Crippen molar-refractivity contribution in [1.29, 1.82) is 0 Å². The largest absolute Gasteiger partial charge is 0.336 e. The smallest absolute Gasteiger partial charge is 0.253 e. The number of benzene rings is 1. The number of rotatable bonds is 6. The molecule has 7 nitrogen and oxygen atoms in total. The van der Waals surface area contributed by atoms with Gasteiger partial charge in [-0.15, -0.1) is 0 Å². The topological polar surface area (TPSA) is 64.2 Å². The van der Waals surface area contributed by atoms with Gasteiger partial charge in [-0.1, -0.05) is 19.9 Å². The van der Waals surface area contributed by atoms with Gasteiger partial charge in [-0.25, -0.2) is 8.42 Å². The number of carbonyl (C=O) groups excluding carboxylic acids is 1. The molecule has 32 heavy (non-hydrogen) atoms. The van der Waals surface area contributed by atoms with E-state index in [0.717, 1.165) is 32.6 Å². The zero-order valence-corrected chi connectivity index (χ0v) is 20.4. The number of sulfonamides is 1. The lowest BCUT2D eigenvalue weighted by molar-refractivity contribution is 0.0626. The maximum atomic E-state index is 13.2. The summed E-state index contributed by atoms with van der Waals surface area (Å²) >= 11 is 0. The molecule has 1 aromatic rings. The first-order chi connectivity index (χ1) is 15.3. The normalized spacial score (nSPS) is 26.5. The monoisotopic (exact) mass is 462 g/mol. The Labute approximate surface area is 193 Å². The van der Waals surface area contributed by atoms with E-state index in [-0.39, 0.29) is 10.8 Å². The number of piperazine rings is 1. The summed E-state index contributed by atoms with van der Waals surface area (Å²) in [7, 11) is -3.59. The fourth-order valence-corrected chi connectivity index (χ4v) is 7.11. The minimum atomic E-state index is -3.59. The van der Waals surface area contributed by atoms with Crippen molar-refractivity contribution in [3.8, 4) is 0 Å². The van der Waals surface area contributed by atoms with E-state index in [1.165, 1.54) is 25.9 Å². The Kier molecular flexibility index (Phi) is 7.54. The van der Waals surface area contributed by atoms with E-state index in [9.17, 15) is 13.2 Å². The fourth-order valence-electron chi connectivity index (χ4n) is 5.39. The molecule has 8 heteroatoms. The SMILES string of the molecule is CC1CC(C)CN(S(=O)(=O)c2cccc(C(=O)N3CCN(CCN4CCCC4)CC3)c2)C1. The van der Waals surface area contributed by atoms with Gasteiger partial charge >= 0.3 is 0 Å². The lowest BCUT2D eigenvalue weighted by Gasteiger charge is -2.35. The van der Waals surface area contributed by atoms with Crippen LogP contribution >= 0.6 is 0 Å². The summed E-state index contributed by atoms with van der Waals surface area (Å²) in [5.41, 5.74) is 0.467. The van der Waals surface area contributed by atoms with Gasteiger partial charge in [0.1, 0.15) is 0 Å². The molecule has 0 spiro atoms. The first kappa shape index (κ1) is 23.7. The zero-order valence-electron chi connectivity index (χ0n) is 19.6. The third kappa shape index (κ3) is 5.53. The number of hydrogen-bond acceptors (Lipinski definition) is 5. The van der Waals surface area contributed by atoms with Crippen molar-refractivity contribution in [3.05, 3.63) is 29.8 Å². The lowest BCUT2D eigenvalue weighted by Crippen LogP contribution is -2.50. The van der Waals surface area contributed by atoms with E-state index in [0.29, 0.717) is 43.6 Å². The van der Waals surface area contributed by atoms with Gasteiger partial charge in [-0.2, -0.15) is 4.31 Å². The second-order valence-electron chi connectivity index (χ2n) is 9.98. The third-order valence-corrected chi connectivity index (χ3v) is 8.97. The van der Waals surface area contributed by atoms with E-state index in [1.807, 2.05) is 4.90 Å². The minimum absolute atomic E-state index is 0.0679. The van der Waals surface area contributed by atoms with Crippen molar-refractivity contribution in [2.45, 2.75) is 38.0 Å². The number of carbonyl (C=O) groups is 1. The average molecular weight is 463 g/mol. The third-order valence-electron chi connectivity index (χ3n) is 7.14. The van der Waals surface area contributed by atoms with E-state index in [1.54, 1.807) is 28.6 Å². The molecular weight excluding hydrogens is 424 g/mol. The van der Waals surface area contributed by atoms with Crippen LogP contribution in [0.15, 0.2) is 29.2 Å². The molecule has 2 atom stereocenters. The summed E-state index contributed by atoms with van der Waals surface area (Å²) in [5.74, 6) is 0.627. The zero-order chi connectivity index (χ0) is 22.7. The molecule has 0 radical (unpaired) electrons. The van der Waals surface area contributed by atoms with Gasteiger partial charge in [0.25, 0.3) is 5.91 Å². The number of piperidine rings is 1. The highest BCUT2D eigenvalue weighted by molar-refractivity contribution is 7.89. The number of likely N-dealkylation sites (tertiary alicyclic amines) is 1. The summed E-state index contributed by atoms with van der Waals surface area (Å²) in [5, 5.41) is 0. The van der Waals surface area contributed by atoms with Crippen LogP contribution in [0.25, 0.3) is 0 Å². The van der Waals surface area contributed by atoms with Crippen LogP contribution in [0.5, 0.6) is 0 Å². The molecule has 3 aliphatic rings. The van der Waals surface area contributed by atoms with Gasteiger partial charge in [0.2, 0.25) is 10.0 Å². The van der Waals surface area contributed by atoms with Crippen LogP contribution in [0.4, 0.5) is 0 Å². The van der Waals surface area contributed by atoms with E-state index < -0.39 is 10.0 Å². The van der Waals surface area contributed by atoms with E-state index in [4.69, 9.17) is 0 Å². The number of amides is 1. The molecule has 0 saturated carbocycles. The molecule has 0 aliphatic carbocycles. The van der Waals surface area contributed by atoms with Gasteiger partial charge < -0.3 is 9.80 Å². The summed E-state index contributed by atoms with van der Waals surface area (Å²) in [6.07, 6.45) is 3.67. The molecule has 178 valence electrons. The molecule has 3 fully saturated rings. The lowest BCUT2D eigenvalue weighted by atomic mass is 9.94. The van der Waals surface area contributed by atoms with Crippen molar-refractivity contribution in [3.63, 3.8) is 0 Å². The summed E-state index contributed by atoms with van der Waals surface area (Å²) < 4.78 is 28.1. The van der Waals surface area contributed by atoms with Gasteiger partial charge in [-0.3, -0.25) is 9.69 Å². The van der Waals surface area contributed by atoms with E-state index in [2.05, 4.69) is 23.6 Å². The molecule has 2 unspecified atom stereocenters. The van der Waals surface area contributed by atoms with Crippen LogP contribution in [-0.4, -0.2) is 98.8 Å². The summed E-state index contributed by atoms with van der Waals surface area (Å²) in [6, 6.07) is 6.62. The molecular formula is C24H38N4O3S. The molecule has 0 aromatic heterocycles. The highest BCUT2D eigenvalue weighted by Crippen LogP contribution is 2.27. The van der Waals surface area contributed by atoms with Crippen molar-refractivity contribution in [1.82, 2.24) is 19.0 Å². The van der Waals surface area contributed by atoms with Gasteiger partial charge in [0.15, 0.2) is 0 Å². The Morgan fingerprint density at radius 1 is 0.906 bits per heavy atom. The average Bonchev–Trinajstić information content (AvgIpc) is 3.31. The predicted octanol–water partition coefficient (Wildman–Crippen LogP) is 2.21. The molecule has 0 bridgehead atoms. The van der Waals surface area contributed by atoms with Gasteiger partial charge in [0.05, 0.1) is 4.90 Å². The summed E-state index contributed by atoms with van der Waals surface area (Å²) in [4.78, 5) is 20.2. The molecule has 3 aliphatic heterocycles. The molecule has 1 amide bonds. The van der Waals surface area contributed by atoms with Crippen LogP contribution in [-0.2, 0) is 10.0 Å². The minimum Gasteiger partial charge on any atom is -0.336 e. The van der Waals surface area contributed by atoms with Crippen molar-refractivity contribution < 1.29 is 13.2 Å². The quantitative estimate of drug-likeness (QED) is 0.649. The van der Waals surface area contributed by atoms with Crippen LogP contribution in [0, 0.1) is 11.8 Å². The number of hydrogen-bond donors (Lipinski definition) is 0. The Hall–Kier alpha value is -1.48. The molecule has 0 N–H and O–H groups in total. The number of nitrogens with zero attached hydrogens (tertiary/aromatic N) is 4. The van der Waals surface area contributed by atoms with Gasteiger partial charge in [-0.05, 0) is 62.4 Å². The molecule has 3 saturated heterocycles. The van der Waals surface area contributed by atoms with Crippen molar-refractivity contribution >= 4 is 15.9 Å².